The van der Waals surface area contributed by atoms with E-state index in [9.17, 15) is 9.59 Å². The molecular weight excluding hydrogens is 302 g/mol. The second-order valence-electron chi connectivity index (χ2n) is 4.92. The Kier molecular flexibility index (Phi) is 5.89. The van der Waals surface area contributed by atoms with Crippen LogP contribution in [-0.2, 0) is 20.9 Å². The van der Waals surface area contributed by atoms with Crippen molar-refractivity contribution in [2.75, 3.05) is 12.0 Å². The standard InChI is InChI=1S/C16H19NO4S/c1-11(18)21-13-5-3-12(4-6-13)10-20-15-9-16(19)17-14(15)7-8-22-2/h3-6,9,14H,7-8,10H2,1-2H3,(H,17,19)/t14-/m0/s1. The third-order valence-electron chi connectivity index (χ3n) is 3.13. The van der Waals surface area contributed by atoms with Crippen LogP contribution in [0.1, 0.15) is 18.9 Å². The third-order valence-corrected chi connectivity index (χ3v) is 3.78. The van der Waals surface area contributed by atoms with E-state index in [1.807, 2.05) is 18.4 Å². The van der Waals surface area contributed by atoms with Crippen molar-refractivity contribution in [1.29, 1.82) is 0 Å². The molecule has 0 radical (unpaired) electrons. The van der Waals surface area contributed by atoms with Crippen LogP contribution in [0, 0.1) is 0 Å². The van der Waals surface area contributed by atoms with Crippen LogP contribution in [0.2, 0.25) is 0 Å². The summed E-state index contributed by atoms with van der Waals surface area (Å²) in [4.78, 5) is 22.3. The first kappa shape index (κ1) is 16.4. The Morgan fingerprint density at radius 1 is 1.32 bits per heavy atom. The second-order valence-corrected chi connectivity index (χ2v) is 5.90. The highest BCUT2D eigenvalue weighted by molar-refractivity contribution is 7.98. The Bertz CT molecular complexity index is 568. The molecule has 22 heavy (non-hydrogen) atoms. The molecule has 0 fully saturated rings. The van der Waals surface area contributed by atoms with Crippen molar-refractivity contribution in [2.45, 2.75) is 26.0 Å². The van der Waals surface area contributed by atoms with Crippen LogP contribution in [0.15, 0.2) is 36.1 Å². The van der Waals surface area contributed by atoms with Crippen molar-refractivity contribution in [1.82, 2.24) is 5.32 Å². The Morgan fingerprint density at radius 2 is 2.05 bits per heavy atom. The molecule has 1 aliphatic heterocycles. The van der Waals surface area contributed by atoms with Crippen molar-refractivity contribution in [2.24, 2.45) is 0 Å². The van der Waals surface area contributed by atoms with E-state index in [0.717, 1.165) is 17.7 Å². The maximum atomic E-state index is 11.5. The van der Waals surface area contributed by atoms with Gasteiger partial charge >= 0.3 is 5.97 Å². The van der Waals surface area contributed by atoms with Crippen LogP contribution in [0.25, 0.3) is 0 Å². The minimum Gasteiger partial charge on any atom is -0.491 e. The summed E-state index contributed by atoms with van der Waals surface area (Å²) in [5.41, 5.74) is 0.944. The fraction of sp³-hybridized carbons (Fsp3) is 0.375. The molecule has 0 aromatic heterocycles. The first-order valence-corrected chi connectivity index (χ1v) is 8.39. The predicted molar refractivity (Wildman–Crippen MR) is 85.6 cm³/mol. The highest BCUT2D eigenvalue weighted by Crippen LogP contribution is 2.19. The fourth-order valence-corrected chi connectivity index (χ4v) is 2.56. The van der Waals surface area contributed by atoms with E-state index in [2.05, 4.69) is 5.32 Å². The van der Waals surface area contributed by atoms with Crippen LogP contribution >= 0.6 is 11.8 Å². The van der Waals surface area contributed by atoms with E-state index >= 15 is 0 Å². The maximum absolute atomic E-state index is 11.5. The molecule has 0 saturated heterocycles. The van der Waals surface area contributed by atoms with Gasteiger partial charge in [0.1, 0.15) is 18.1 Å². The summed E-state index contributed by atoms with van der Waals surface area (Å²) in [7, 11) is 0. The van der Waals surface area contributed by atoms with Gasteiger partial charge in [0.05, 0.1) is 6.04 Å². The van der Waals surface area contributed by atoms with Gasteiger partial charge in [0, 0.05) is 13.0 Å². The molecular formula is C16H19NO4S. The number of hydrogen-bond acceptors (Lipinski definition) is 5. The van der Waals surface area contributed by atoms with Crippen molar-refractivity contribution in [3.8, 4) is 5.75 Å². The van der Waals surface area contributed by atoms with Crippen LogP contribution in [-0.4, -0.2) is 29.9 Å². The van der Waals surface area contributed by atoms with Gasteiger partial charge < -0.3 is 14.8 Å². The zero-order valence-corrected chi connectivity index (χ0v) is 13.4. The van der Waals surface area contributed by atoms with Gasteiger partial charge in [-0.3, -0.25) is 9.59 Å². The van der Waals surface area contributed by atoms with Gasteiger partial charge in [-0.25, -0.2) is 0 Å². The van der Waals surface area contributed by atoms with E-state index in [0.29, 0.717) is 18.1 Å². The third kappa shape index (κ3) is 4.80. The monoisotopic (exact) mass is 321 g/mol. The average Bonchev–Trinajstić information content (AvgIpc) is 2.84. The number of rotatable bonds is 7. The molecule has 1 amide bonds. The number of ether oxygens (including phenoxy) is 2. The van der Waals surface area contributed by atoms with Crippen molar-refractivity contribution < 1.29 is 19.1 Å². The Balaban J connectivity index is 1.89. The summed E-state index contributed by atoms with van der Waals surface area (Å²) >= 11 is 1.74. The van der Waals surface area contributed by atoms with Gasteiger partial charge in [-0.05, 0) is 36.1 Å². The number of benzene rings is 1. The molecule has 0 spiro atoms. The van der Waals surface area contributed by atoms with Gasteiger partial charge in [-0.1, -0.05) is 12.1 Å². The molecule has 0 bridgehead atoms. The van der Waals surface area contributed by atoms with Gasteiger partial charge in [0.15, 0.2) is 0 Å². The van der Waals surface area contributed by atoms with Gasteiger partial charge in [-0.15, -0.1) is 0 Å². The highest BCUT2D eigenvalue weighted by Gasteiger charge is 2.24. The number of esters is 1. The molecule has 2 rings (SSSR count). The van der Waals surface area contributed by atoms with E-state index in [1.165, 1.54) is 13.0 Å². The molecule has 0 aliphatic carbocycles. The van der Waals surface area contributed by atoms with Gasteiger partial charge in [0.2, 0.25) is 5.91 Å². The Morgan fingerprint density at radius 3 is 2.68 bits per heavy atom. The Labute approximate surface area is 134 Å². The SMILES string of the molecule is CSCC[C@@H]1NC(=O)C=C1OCc1ccc(OC(C)=O)cc1. The summed E-state index contributed by atoms with van der Waals surface area (Å²) in [5, 5.41) is 2.88. The number of nitrogens with one attached hydrogen (secondary N) is 1. The minimum absolute atomic E-state index is 0.0414. The van der Waals surface area contributed by atoms with E-state index < -0.39 is 0 Å². The number of amides is 1. The molecule has 1 N–H and O–H groups in total. The number of hydrogen-bond donors (Lipinski definition) is 1. The van der Waals surface area contributed by atoms with E-state index in [-0.39, 0.29) is 17.9 Å². The smallest absolute Gasteiger partial charge is 0.308 e. The lowest BCUT2D eigenvalue weighted by molar-refractivity contribution is -0.131. The molecule has 0 saturated carbocycles. The first-order valence-electron chi connectivity index (χ1n) is 6.99. The minimum atomic E-state index is -0.346. The van der Waals surface area contributed by atoms with Crippen molar-refractivity contribution >= 4 is 23.6 Å². The lowest BCUT2D eigenvalue weighted by Crippen LogP contribution is -2.29. The summed E-state index contributed by atoms with van der Waals surface area (Å²) in [6.45, 7) is 1.74. The normalized spacial score (nSPS) is 16.9. The number of carbonyl (C=O) groups is 2. The largest absolute Gasteiger partial charge is 0.491 e. The second kappa shape index (κ2) is 7.89. The molecule has 5 nitrogen and oxygen atoms in total. The first-order chi connectivity index (χ1) is 10.6. The molecule has 1 aromatic rings. The molecule has 118 valence electrons. The zero-order valence-electron chi connectivity index (χ0n) is 12.6. The van der Waals surface area contributed by atoms with Crippen LogP contribution in [0.5, 0.6) is 5.75 Å². The zero-order chi connectivity index (χ0) is 15.9. The topological polar surface area (TPSA) is 64.6 Å². The van der Waals surface area contributed by atoms with Crippen LogP contribution in [0.3, 0.4) is 0 Å². The quantitative estimate of drug-likeness (QED) is 0.616. The fourth-order valence-electron chi connectivity index (χ4n) is 2.09. The molecule has 1 atom stereocenters. The average molecular weight is 321 g/mol. The maximum Gasteiger partial charge on any atom is 0.308 e. The summed E-state index contributed by atoms with van der Waals surface area (Å²) in [6, 6.07) is 7.07. The van der Waals surface area contributed by atoms with Crippen LogP contribution < -0.4 is 10.1 Å². The number of carbonyl (C=O) groups excluding carboxylic acids is 2. The van der Waals surface area contributed by atoms with Crippen LogP contribution in [0.4, 0.5) is 0 Å². The summed E-state index contributed by atoms with van der Waals surface area (Å²) in [6.07, 6.45) is 4.40. The summed E-state index contributed by atoms with van der Waals surface area (Å²) in [5.74, 6) is 1.70. The predicted octanol–water partition coefficient (Wildman–Crippen LogP) is 2.26. The lowest BCUT2D eigenvalue weighted by atomic mass is 10.2. The van der Waals surface area contributed by atoms with Gasteiger partial charge in [-0.2, -0.15) is 11.8 Å². The van der Waals surface area contributed by atoms with Crippen molar-refractivity contribution in [3.63, 3.8) is 0 Å². The molecule has 1 aliphatic rings. The van der Waals surface area contributed by atoms with E-state index in [4.69, 9.17) is 9.47 Å². The van der Waals surface area contributed by atoms with E-state index in [1.54, 1.807) is 23.9 Å². The molecule has 0 unspecified atom stereocenters. The Hall–Kier alpha value is -1.95. The molecule has 1 aromatic carbocycles. The summed E-state index contributed by atoms with van der Waals surface area (Å²) < 4.78 is 10.7. The highest BCUT2D eigenvalue weighted by atomic mass is 32.2. The molecule has 1 heterocycles. The van der Waals surface area contributed by atoms with Gasteiger partial charge in [0.25, 0.3) is 0 Å². The lowest BCUT2D eigenvalue weighted by Gasteiger charge is -2.15. The van der Waals surface area contributed by atoms with Crippen molar-refractivity contribution in [3.05, 3.63) is 41.7 Å². The number of thioether (sulfide) groups is 1. The molecule has 6 heteroatoms.